The molecule has 17 heavy (non-hydrogen) atoms. The molecule has 0 aromatic heterocycles. The summed E-state index contributed by atoms with van der Waals surface area (Å²) < 4.78 is 0.987. The number of carbonyl (C=O) groups excluding carboxylic acids is 1. The van der Waals surface area contributed by atoms with Crippen molar-refractivity contribution in [1.82, 2.24) is 0 Å². The van der Waals surface area contributed by atoms with Crippen LogP contribution in [-0.2, 0) is 4.79 Å². The van der Waals surface area contributed by atoms with E-state index in [1.165, 1.54) is 0 Å². The number of nitrogens with two attached hydrogens (primary N) is 1. The molecule has 0 radical (unpaired) electrons. The highest BCUT2D eigenvalue weighted by molar-refractivity contribution is 9.10. The Morgan fingerprint density at radius 2 is 2.18 bits per heavy atom. The molecule has 1 aliphatic rings. The van der Waals surface area contributed by atoms with Crippen LogP contribution in [0.25, 0.3) is 0 Å². The third kappa shape index (κ3) is 2.69. The van der Waals surface area contributed by atoms with Crippen molar-refractivity contribution in [2.45, 2.75) is 32.2 Å². The Morgan fingerprint density at radius 1 is 1.53 bits per heavy atom. The second-order valence-corrected chi connectivity index (χ2v) is 5.83. The summed E-state index contributed by atoms with van der Waals surface area (Å²) in [5.41, 5.74) is 7.23. The van der Waals surface area contributed by atoms with Crippen LogP contribution in [0.5, 0.6) is 0 Å². The zero-order valence-electron chi connectivity index (χ0n) is 10.1. The second-order valence-electron chi connectivity index (χ2n) is 4.98. The third-order valence-electron chi connectivity index (χ3n) is 3.34. The molecule has 1 aromatic rings. The zero-order valence-corrected chi connectivity index (χ0v) is 11.7. The average molecular weight is 297 g/mol. The van der Waals surface area contributed by atoms with Gasteiger partial charge in [0.25, 0.3) is 0 Å². The molecule has 92 valence electrons. The Kier molecular flexibility index (Phi) is 3.27. The van der Waals surface area contributed by atoms with E-state index in [0.717, 1.165) is 28.6 Å². The SMILES string of the molecule is Cc1ccc(NC(=O)C(C)(N)C2CC2)cc1Br. The van der Waals surface area contributed by atoms with Gasteiger partial charge in [-0.1, -0.05) is 22.0 Å². The van der Waals surface area contributed by atoms with Crippen molar-refractivity contribution in [3.8, 4) is 0 Å². The minimum absolute atomic E-state index is 0.101. The first-order valence-corrected chi connectivity index (χ1v) is 6.57. The van der Waals surface area contributed by atoms with E-state index < -0.39 is 5.54 Å². The van der Waals surface area contributed by atoms with E-state index in [1.807, 2.05) is 32.0 Å². The molecule has 0 heterocycles. The first-order valence-electron chi connectivity index (χ1n) is 5.77. The average Bonchev–Trinajstić information content (AvgIpc) is 3.07. The van der Waals surface area contributed by atoms with E-state index in [4.69, 9.17) is 5.73 Å². The quantitative estimate of drug-likeness (QED) is 0.901. The number of hydrogen-bond donors (Lipinski definition) is 2. The fraction of sp³-hybridized carbons (Fsp3) is 0.462. The minimum atomic E-state index is -0.753. The largest absolute Gasteiger partial charge is 0.324 e. The lowest BCUT2D eigenvalue weighted by Gasteiger charge is -2.23. The van der Waals surface area contributed by atoms with Gasteiger partial charge in [0.05, 0.1) is 5.54 Å². The van der Waals surface area contributed by atoms with Crippen molar-refractivity contribution in [2.75, 3.05) is 5.32 Å². The van der Waals surface area contributed by atoms with E-state index in [2.05, 4.69) is 21.2 Å². The fourth-order valence-electron chi connectivity index (χ4n) is 1.80. The molecule has 0 spiro atoms. The van der Waals surface area contributed by atoms with Gasteiger partial charge in [-0.3, -0.25) is 4.79 Å². The zero-order chi connectivity index (χ0) is 12.6. The van der Waals surface area contributed by atoms with Crippen LogP contribution in [0.2, 0.25) is 0 Å². The number of carbonyl (C=O) groups is 1. The highest BCUT2D eigenvalue weighted by Gasteiger charge is 2.44. The standard InChI is InChI=1S/C13H17BrN2O/c1-8-3-6-10(7-11(8)14)16-12(17)13(2,15)9-4-5-9/h3,6-7,9H,4-5,15H2,1-2H3,(H,16,17). The Bertz CT molecular complexity index is 453. The van der Waals surface area contributed by atoms with E-state index in [0.29, 0.717) is 5.92 Å². The van der Waals surface area contributed by atoms with Crippen LogP contribution >= 0.6 is 15.9 Å². The lowest BCUT2D eigenvalue weighted by Crippen LogP contribution is -2.50. The summed E-state index contributed by atoms with van der Waals surface area (Å²) in [6.07, 6.45) is 2.11. The first-order chi connectivity index (χ1) is 7.91. The van der Waals surface area contributed by atoms with Crippen LogP contribution in [0.15, 0.2) is 22.7 Å². The molecule has 0 aliphatic heterocycles. The number of anilines is 1. The van der Waals surface area contributed by atoms with Crippen LogP contribution in [0.1, 0.15) is 25.3 Å². The van der Waals surface area contributed by atoms with Gasteiger partial charge in [0, 0.05) is 10.2 Å². The van der Waals surface area contributed by atoms with Gasteiger partial charge >= 0.3 is 0 Å². The summed E-state index contributed by atoms with van der Waals surface area (Å²) >= 11 is 3.45. The maximum absolute atomic E-state index is 12.1. The summed E-state index contributed by atoms with van der Waals surface area (Å²) in [7, 11) is 0. The molecular weight excluding hydrogens is 280 g/mol. The number of halogens is 1. The van der Waals surface area contributed by atoms with Crippen LogP contribution in [-0.4, -0.2) is 11.4 Å². The summed E-state index contributed by atoms with van der Waals surface area (Å²) in [6, 6.07) is 5.75. The molecule has 2 rings (SSSR count). The van der Waals surface area contributed by atoms with Gasteiger partial charge < -0.3 is 11.1 Å². The molecule has 1 aromatic carbocycles. The number of amides is 1. The van der Waals surface area contributed by atoms with Gasteiger partial charge in [-0.15, -0.1) is 0 Å². The number of nitrogens with one attached hydrogen (secondary N) is 1. The summed E-state index contributed by atoms with van der Waals surface area (Å²) in [5, 5.41) is 2.88. The van der Waals surface area contributed by atoms with Crippen molar-refractivity contribution in [3.05, 3.63) is 28.2 Å². The third-order valence-corrected chi connectivity index (χ3v) is 4.20. The van der Waals surface area contributed by atoms with Gasteiger partial charge in [-0.05, 0) is 50.3 Å². The first kappa shape index (κ1) is 12.6. The Balaban J connectivity index is 2.10. The van der Waals surface area contributed by atoms with E-state index in [1.54, 1.807) is 0 Å². The van der Waals surface area contributed by atoms with Crippen LogP contribution in [0, 0.1) is 12.8 Å². The van der Waals surface area contributed by atoms with Gasteiger partial charge in [0.1, 0.15) is 0 Å². The van der Waals surface area contributed by atoms with Crippen LogP contribution in [0.3, 0.4) is 0 Å². The second kappa shape index (κ2) is 4.42. The molecule has 3 nitrogen and oxygen atoms in total. The van der Waals surface area contributed by atoms with Crippen LogP contribution < -0.4 is 11.1 Å². The molecule has 1 atom stereocenters. The smallest absolute Gasteiger partial charge is 0.244 e. The lowest BCUT2D eigenvalue weighted by atomic mass is 9.96. The molecule has 1 amide bonds. The Hall–Kier alpha value is -0.870. The monoisotopic (exact) mass is 296 g/mol. The molecule has 4 heteroatoms. The predicted octanol–water partition coefficient (Wildman–Crippen LogP) is 2.82. The fourth-order valence-corrected chi connectivity index (χ4v) is 2.18. The number of aryl methyl sites for hydroxylation is 1. The topological polar surface area (TPSA) is 55.1 Å². The summed E-state index contributed by atoms with van der Waals surface area (Å²) in [6.45, 7) is 3.82. The molecule has 1 fully saturated rings. The van der Waals surface area contributed by atoms with Crippen molar-refractivity contribution in [2.24, 2.45) is 11.7 Å². The predicted molar refractivity (Wildman–Crippen MR) is 72.8 cm³/mol. The minimum Gasteiger partial charge on any atom is -0.324 e. The van der Waals surface area contributed by atoms with E-state index >= 15 is 0 Å². The molecule has 0 saturated heterocycles. The number of benzene rings is 1. The molecule has 3 N–H and O–H groups in total. The number of rotatable bonds is 3. The Morgan fingerprint density at radius 3 is 2.71 bits per heavy atom. The van der Waals surface area contributed by atoms with Crippen molar-refractivity contribution in [3.63, 3.8) is 0 Å². The lowest BCUT2D eigenvalue weighted by molar-refractivity contribution is -0.121. The maximum atomic E-state index is 12.1. The molecule has 0 bridgehead atoms. The highest BCUT2D eigenvalue weighted by atomic mass is 79.9. The van der Waals surface area contributed by atoms with E-state index in [9.17, 15) is 4.79 Å². The van der Waals surface area contributed by atoms with Crippen molar-refractivity contribution in [1.29, 1.82) is 0 Å². The van der Waals surface area contributed by atoms with Crippen molar-refractivity contribution >= 4 is 27.5 Å². The summed E-state index contributed by atoms with van der Waals surface area (Å²) in [4.78, 5) is 12.1. The molecule has 1 unspecified atom stereocenters. The highest BCUT2D eigenvalue weighted by Crippen LogP contribution is 2.38. The van der Waals surface area contributed by atoms with Gasteiger partial charge in [0.15, 0.2) is 0 Å². The van der Waals surface area contributed by atoms with Crippen LogP contribution in [0.4, 0.5) is 5.69 Å². The molecule has 1 saturated carbocycles. The Labute approximate surface area is 110 Å². The summed E-state index contributed by atoms with van der Waals surface area (Å²) in [5.74, 6) is 0.229. The van der Waals surface area contributed by atoms with Crippen molar-refractivity contribution < 1.29 is 4.79 Å². The van der Waals surface area contributed by atoms with Gasteiger partial charge in [-0.2, -0.15) is 0 Å². The molecular formula is C13H17BrN2O. The van der Waals surface area contributed by atoms with E-state index in [-0.39, 0.29) is 5.91 Å². The maximum Gasteiger partial charge on any atom is 0.244 e. The molecule has 1 aliphatic carbocycles. The van der Waals surface area contributed by atoms with Gasteiger partial charge in [-0.25, -0.2) is 0 Å². The number of hydrogen-bond acceptors (Lipinski definition) is 2. The normalized spacial score (nSPS) is 18.6. The van der Waals surface area contributed by atoms with Gasteiger partial charge in [0.2, 0.25) is 5.91 Å².